The minimum absolute atomic E-state index is 0.0830. The maximum absolute atomic E-state index is 14.5. The van der Waals surface area contributed by atoms with Gasteiger partial charge in [0.2, 0.25) is 0 Å². The third kappa shape index (κ3) is 6.81. The first-order chi connectivity index (χ1) is 21.5. The first kappa shape index (κ1) is 32.0. The van der Waals surface area contributed by atoms with Crippen molar-refractivity contribution in [2.75, 3.05) is 20.2 Å². The van der Waals surface area contributed by atoms with Crippen molar-refractivity contribution < 1.29 is 37.0 Å². The second-order valence-corrected chi connectivity index (χ2v) is 11.3. The zero-order valence-corrected chi connectivity index (χ0v) is 25.0. The summed E-state index contributed by atoms with van der Waals surface area (Å²) in [7, 11) is 1.37. The first-order valence-electron chi connectivity index (χ1n) is 14.8. The highest BCUT2D eigenvalue weighted by atomic mass is 19.4. The van der Waals surface area contributed by atoms with Crippen LogP contribution in [0.3, 0.4) is 0 Å². The van der Waals surface area contributed by atoms with E-state index >= 15 is 0 Å². The van der Waals surface area contributed by atoms with Gasteiger partial charge in [0, 0.05) is 24.1 Å². The molecule has 1 amide bonds. The fourth-order valence-corrected chi connectivity index (χ4v) is 6.19. The lowest BCUT2D eigenvalue weighted by molar-refractivity contribution is -0.139. The van der Waals surface area contributed by atoms with Crippen molar-refractivity contribution in [1.29, 1.82) is 0 Å². The van der Waals surface area contributed by atoms with Crippen molar-refractivity contribution in [1.82, 2.24) is 10.2 Å². The third-order valence-electron chi connectivity index (χ3n) is 8.35. The SMILES string of the molecule is COc1c(CN2CCCCC2)ccc(C(F)(F)F)c1-c1cccc2c(C[C@H](NC(=O)c3c(C)cccc3F)C(=O)O)cccc12. The second kappa shape index (κ2) is 13.3. The van der Waals surface area contributed by atoms with Crippen molar-refractivity contribution in [3.63, 3.8) is 0 Å². The van der Waals surface area contributed by atoms with E-state index in [9.17, 15) is 32.3 Å². The fraction of sp³-hybridized carbons (Fsp3) is 0.314. The predicted molar refractivity (Wildman–Crippen MR) is 164 cm³/mol. The number of alkyl halides is 3. The number of fused-ring (bicyclic) bond motifs is 1. The Morgan fingerprint density at radius 3 is 2.29 bits per heavy atom. The molecular weight excluding hydrogens is 588 g/mol. The van der Waals surface area contributed by atoms with E-state index < -0.39 is 35.5 Å². The van der Waals surface area contributed by atoms with E-state index in [2.05, 4.69) is 10.2 Å². The van der Waals surface area contributed by atoms with Gasteiger partial charge in [0.25, 0.3) is 5.91 Å². The molecule has 45 heavy (non-hydrogen) atoms. The van der Waals surface area contributed by atoms with E-state index in [1.54, 1.807) is 49.4 Å². The Morgan fingerprint density at radius 2 is 1.62 bits per heavy atom. The van der Waals surface area contributed by atoms with Gasteiger partial charge in [0.1, 0.15) is 17.6 Å². The fourth-order valence-electron chi connectivity index (χ4n) is 6.19. The molecule has 0 saturated carbocycles. The molecule has 1 atom stereocenters. The summed E-state index contributed by atoms with van der Waals surface area (Å²) in [6, 6.07) is 15.2. The van der Waals surface area contributed by atoms with Crippen molar-refractivity contribution in [3.8, 4) is 16.9 Å². The van der Waals surface area contributed by atoms with Gasteiger partial charge in [-0.05, 0) is 72.5 Å². The maximum atomic E-state index is 14.5. The van der Waals surface area contributed by atoms with Crippen LogP contribution in [0, 0.1) is 12.7 Å². The lowest BCUT2D eigenvalue weighted by Crippen LogP contribution is -2.42. The molecule has 4 aromatic carbocycles. The number of rotatable bonds is 9. The van der Waals surface area contributed by atoms with E-state index in [-0.39, 0.29) is 28.9 Å². The molecule has 0 unspecified atom stereocenters. The number of likely N-dealkylation sites (tertiary alicyclic amines) is 1. The molecule has 0 radical (unpaired) electrons. The summed E-state index contributed by atoms with van der Waals surface area (Å²) in [6.45, 7) is 3.71. The zero-order chi connectivity index (χ0) is 32.3. The molecular formula is C35H34F4N2O4. The molecule has 1 saturated heterocycles. The second-order valence-electron chi connectivity index (χ2n) is 11.3. The smallest absolute Gasteiger partial charge is 0.417 e. The van der Waals surface area contributed by atoms with Gasteiger partial charge in [-0.2, -0.15) is 13.2 Å². The largest absolute Gasteiger partial charge is 0.496 e. The number of aryl methyl sites for hydroxylation is 1. The third-order valence-corrected chi connectivity index (χ3v) is 8.35. The molecule has 2 N–H and O–H groups in total. The van der Waals surface area contributed by atoms with E-state index in [1.807, 2.05) is 0 Å². The minimum atomic E-state index is -4.67. The summed E-state index contributed by atoms with van der Waals surface area (Å²) in [5.41, 5.74) is 0.605. The molecule has 0 bridgehead atoms. The first-order valence-corrected chi connectivity index (χ1v) is 14.8. The predicted octanol–water partition coefficient (Wildman–Crippen LogP) is 7.39. The Balaban J connectivity index is 1.58. The molecule has 5 rings (SSSR count). The van der Waals surface area contributed by atoms with Gasteiger partial charge < -0.3 is 15.2 Å². The number of amides is 1. The van der Waals surface area contributed by atoms with Gasteiger partial charge in [-0.15, -0.1) is 0 Å². The molecule has 1 fully saturated rings. The van der Waals surface area contributed by atoms with Crippen LogP contribution >= 0.6 is 0 Å². The Morgan fingerprint density at radius 1 is 0.933 bits per heavy atom. The summed E-state index contributed by atoms with van der Waals surface area (Å²) >= 11 is 0. The van der Waals surface area contributed by atoms with Crippen molar-refractivity contribution in [2.24, 2.45) is 0 Å². The van der Waals surface area contributed by atoms with Gasteiger partial charge in [-0.25, -0.2) is 9.18 Å². The summed E-state index contributed by atoms with van der Waals surface area (Å²) in [4.78, 5) is 27.4. The van der Waals surface area contributed by atoms with Crippen LogP contribution in [0.2, 0.25) is 0 Å². The average Bonchev–Trinajstić information content (AvgIpc) is 3.00. The Kier molecular flexibility index (Phi) is 9.43. The van der Waals surface area contributed by atoms with Crippen LogP contribution in [0.5, 0.6) is 5.75 Å². The van der Waals surface area contributed by atoms with E-state index in [0.29, 0.717) is 34.0 Å². The molecule has 1 aliphatic rings. The molecule has 236 valence electrons. The van der Waals surface area contributed by atoms with Crippen LogP contribution in [0.1, 0.15) is 51.9 Å². The number of aliphatic carboxylic acids is 1. The van der Waals surface area contributed by atoms with Gasteiger partial charge in [-0.3, -0.25) is 9.69 Å². The normalized spacial score (nSPS) is 14.7. The highest BCUT2D eigenvalue weighted by molar-refractivity contribution is 6.01. The number of carbonyl (C=O) groups is 2. The lowest BCUT2D eigenvalue weighted by Gasteiger charge is -2.28. The molecule has 0 aromatic heterocycles. The number of ether oxygens (including phenoxy) is 1. The van der Waals surface area contributed by atoms with Crippen molar-refractivity contribution in [3.05, 3.63) is 100 Å². The number of carboxylic acids is 1. The quantitative estimate of drug-likeness (QED) is 0.190. The number of nitrogens with zero attached hydrogens (tertiary/aromatic N) is 1. The van der Waals surface area contributed by atoms with Crippen molar-refractivity contribution >= 4 is 22.6 Å². The highest BCUT2D eigenvalue weighted by Gasteiger charge is 2.37. The zero-order valence-electron chi connectivity index (χ0n) is 25.0. The Bertz CT molecular complexity index is 1710. The number of piperidine rings is 1. The molecule has 0 spiro atoms. The van der Waals surface area contributed by atoms with Crippen LogP contribution < -0.4 is 10.1 Å². The Hall–Kier alpha value is -4.44. The van der Waals surface area contributed by atoms with E-state index in [0.717, 1.165) is 44.5 Å². The Labute approximate surface area is 258 Å². The standard InChI is InChI=1S/C35H34F4N2O4/c1-21-9-6-14-28(36)30(21)33(42)40-29(34(43)44)19-22-10-7-12-25-24(22)11-8-13-26(25)31-27(35(37,38)39)16-15-23(32(31)45-2)20-41-17-4-3-5-18-41/h6-16,29H,3-5,17-20H2,1-2H3,(H,40,42)(H,43,44)/t29-/m0/s1. The van der Waals surface area contributed by atoms with Crippen molar-refractivity contribution in [2.45, 2.75) is 51.4 Å². The summed E-state index contributed by atoms with van der Waals surface area (Å²) < 4.78 is 63.6. The lowest BCUT2D eigenvalue weighted by atomic mass is 9.89. The van der Waals surface area contributed by atoms with Crippen LogP contribution in [0.25, 0.3) is 21.9 Å². The van der Waals surface area contributed by atoms with Crippen LogP contribution in [0.15, 0.2) is 66.7 Å². The molecule has 6 nitrogen and oxygen atoms in total. The minimum Gasteiger partial charge on any atom is -0.496 e. The molecule has 4 aromatic rings. The van der Waals surface area contributed by atoms with E-state index in [1.165, 1.54) is 19.2 Å². The topological polar surface area (TPSA) is 78.9 Å². The molecule has 1 heterocycles. The monoisotopic (exact) mass is 622 g/mol. The van der Waals surface area contributed by atoms with Gasteiger partial charge in [0.05, 0.1) is 18.2 Å². The number of hydrogen-bond acceptors (Lipinski definition) is 4. The number of halogens is 4. The number of carboxylic acid groups (broad SMARTS) is 1. The number of carbonyl (C=O) groups excluding carboxylic acids is 1. The number of hydrogen-bond donors (Lipinski definition) is 2. The van der Waals surface area contributed by atoms with E-state index in [4.69, 9.17) is 4.74 Å². The average molecular weight is 623 g/mol. The van der Waals surface area contributed by atoms with Gasteiger partial charge in [-0.1, -0.05) is 61.0 Å². The number of nitrogens with one attached hydrogen (secondary N) is 1. The van der Waals surface area contributed by atoms with Crippen LogP contribution in [0.4, 0.5) is 17.6 Å². The van der Waals surface area contributed by atoms with Gasteiger partial charge in [0.15, 0.2) is 0 Å². The molecule has 0 aliphatic carbocycles. The molecule has 10 heteroatoms. The summed E-state index contributed by atoms with van der Waals surface area (Å²) in [5, 5.41) is 13.4. The highest BCUT2D eigenvalue weighted by Crippen LogP contribution is 2.46. The number of benzene rings is 4. The summed E-state index contributed by atoms with van der Waals surface area (Å²) in [5.74, 6) is -2.84. The maximum Gasteiger partial charge on any atom is 0.417 e. The van der Waals surface area contributed by atoms with Gasteiger partial charge >= 0.3 is 12.1 Å². The van der Waals surface area contributed by atoms with Crippen LogP contribution in [-0.4, -0.2) is 48.1 Å². The molecule has 1 aliphatic heterocycles. The van der Waals surface area contributed by atoms with Crippen LogP contribution in [-0.2, 0) is 23.9 Å². The number of methoxy groups -OCH3 is 1. The summed E-state index contributed by atoms with van der Waals surface area (Å²) in [6.07, 6.45) is -1.68.